The molecule has 5 heteroatoms. The van der Waals surface area contributed by atoms with Crippen LogP contribution in [0.3, 0.4) is 0 Å². The summed E-state index contributed by atoms with van der Waals surface area (Å²) in [6, 6.07) is 7.45. The molecule has 0 unspecified atom stereocenters. The van der Waals surface area contributed by atoms with Crippen LogP contribution in [-0.4, -0.2) is 15.1 Å². The molecule has 0 spiro atoms. The van der Waals surface area contributed by atoms with E-state index in [4.69, 9.17) is 11.6 Å². The van der Waals surface area contributed by atoms with E-state index >= 15 is 0 Å². The Morgan fingerprint density at radius 1 is 1.22 bits per heavy atom. The van der Waals surface area contributed by atoms with Crippen LogP contribution in [0.25, 0.3) is 0 Å². The fourth-order valence-electron chi connectivity index (χ4n) is 1.63. The van der Waals surface area contributed by atoms with E-state index in [2.05, 4.69) is 9.97 Å². The lowest BCUT2D eigenvalue weighted by Gasteiger charge is -2.08. The van der Waals surface area contributed by atoms with E-state index in [1.54, 1.807) is 6.07 Å². The van der Waals surface area contributed by atoms with E-state index in [0.717, 1.165) is 16.3 Å². The third-order valence-electron chi connectivity index (χ3n) is 2.40. The number of hydrogen-bond acceptors (Lipinski definition) is 4. The molecule has 0 atom stereocenters. The predicted octanol–water partition coefficient (Wildman–Crippen LogP) is 3.39. The summed E-state index contributed by atoms with van der Waals surface area (Å²) in [7, 11) is 0. The van der Waals surface area contributed by atoms with Crippen molar-refractivity contribution in [3.63, 3.8) is 0 Å². The fourth-order valence-corrected chi connectivity index (χ4v) is 2.94. The zero-order chi connectivity index (χ0) is 13.1. The van der Waals surface area contributed by atoms with E-state index in [9.17, 15) is 5.11 Å². The smallest absolute Gasteiger partial charge is 0.192 e. The van der Waals surface area contributed by atoms with Gasteiger partial charge in [0.2, 0.25) is 0 Å². The van der Waals surface area contributed by atoms with Gasteiger partial charge in [-0.2, -0.15) is 0 Å². The Morgan fingerprint density at radius 3 is 2.50 bits per heavy atom. The lowest BCUT2D eigenvalue weighted by Crippen LogP contribution is -1.94. The molecule has 0 amide bonds. The van der Waals surface area contributed by atoms with Gasteiger partial charge in [0.15, 0.2) is 5.16 Å². The van der Waals surface area contributed by atoms with Gasteiger partial charge in [-0.15, -0.1) is 0 Å². The molecule has 0 saturated heterocycles. The van der Waals surface area contributed by atoms with Crippen molar-refractivity contribution >= 4 is 23.4 Å². The number of halogens is 1. The molecule has 0 aliphatic carbocycles. The molecular weight excluding hydrogens is 268 g/mol. The summed E-state index contributed by atoms with van der Waals surface area (Å²) in [5.41, 5.74) is 2.57. The summed E-state index contributed by atoms with van der Waals surface area (Å²) in [5, 5.41) is 10.6. The molecule has 1 N–H and O–H groups in total. The number of aromatic nitrogens is 2. The van der Waals surface area contributed by atoms with Crippen molar-refractivity contribution in [2.75, 3.05) is 0 Å². The largest absolute Gasteiger partial charge is 0.392 e. The minimum atomic E-state index is -0.0905. The van der Waals surface area contributed by atoms with Gasteiger partial charge in [0, 0.05) is 26.9 Å². The molecule has 2 aromatic rings. The van der Waals surface area contributed by atoms with Crippen molar-refractivity contribution in [2.24, 2.45) is 0 Å². The van der Waals surface area contributed by atoms with Crippen molar-refractivity contribution < 1.29 is 5.11 Å². The SMILES string of the molecule is Cc1cc(C)nc(Sc2cccc(Cl)c2CO)n1. The van der Waals surface area contributed by atoms with E-state index in [1.807, 2.05) is 32.0 Å². The molecule has 94 valence electrons. The van der Waals surface area contributed by atoms with E-state index in [1.165, 1.54) is 11.8 Å². The Bertz CT molecular complexity index is 555. The topological polar surface area (TPSA) is 46.0 Å². The maximum atomic E-state index is 9.35. The van der Waals surface area contributed by atoms with Crippen molar-refractivity contribution in [1.82, 2.24) is 9.97 Å². The summed E-state index contributed by atoms with van der Waals surface area (Å²) in [5.74, 6) is 0. The molecule has 0 bridgehead atoms. The Kier molecular flexibility index (Phi) is 4.22. The highest BCUT2D eigenvalue weighted by atomic mass is 35.5. The maximum Gasteiger partial charge on any atom is 0.192 e. The predicted molar refractivity (Wildman–Crippen MR) is 73.0 cm³/mol. The van der Waals surface area contributed by atoms with E-state index < -0.39 is 0 Å². The summed E-state index contributed by atoms with van der Waals surface area (Å²) in [4.78, 5) is 9.61. The van der Waals surface area contributed by atoms with Crippen LogP contribution >= 0.6 is 23.4 Å². The average Bonchev–Trinajstić information content (AvgIpc) is 2.27. The van der Waals surface area contributed by atoms with Crippen molar-refractivity contribution in [2.45, 2.75) is 30.5 Å². The summed E-state index contributed by atoms with van der Waals surface area (Å²) < 4.78 is 0. The zero-order valence-electron chi connectivity index (χ0n) is 10.1. The monoisotopic (exact) mass is 280 g/mol. The van der Waals surface area contributed by atoms with Crippen LogP contribution in [0.2, 0.25) is 5.02 Å². The van der Waals surface area contributed by atoms with E-state index in [-0.39, 0.29) is 6.61 Å². The molecule has 0 aliphatic heterocycles. The first-order chi connectivity index (χ1) is 8.60. The van der Waals surface area contributed by atoms with Crippen LogP contribution in [0.5, 0.6) is 0 Å². The molecule has 3 nitrogen and oxygen atoms in total. The average molecular weight is 281 g/mol. The molecule has 1 heterocycles. The first-order valence-electron chi connectivity index (χ1n) is 5.48. The summed E-state index contributed by atoms with van der Waals surface area (Å²) in [6.07, 6.45) is 0. The van der Waals surface area contributed by atoms with Crippen LogP contribution in [0.1, 0.15) is 17.0 Å². The van der Waals surface area contributed by atoms with Gasteiger partial charge in [-0.05, 0) is 43.8 Å². The highest BCUT2D eigenvalue weighted by molar-refractivity contribution is 7.99. The standard InChI is InChI=1S/C13H13ClN2OS/c1-8-6-9(2)16-13(15-8)18-12-5-3-4-11(14)10(12)7-17/h3-6,17H,7H2,1-2H3. The zero-order valence-corrected chi connectivity index (χ0v) is 11.7. The first-order valence-corrected chi connectivity index (χ1v) is 6.68. The highest BCUT2D eigenvalue weighted by Gasteiger charge is 2.09. The summed E-state index contributed by atoms with van der Waals surface area (Å²) in [6.45, 7) is 3.78. The molecular formula is C13H13ClN2OS. The highest BCUT2D eigenvalue weighted by Crippen LogP contribution is 2.32. The molecule has 1 aromatic carbocycles. The second kappa shape index (κ2) is 5.69. The molecule has 2 rings (SSSR count). The Labute approximate surface area is 115 Å². The number of aryl methyl sites for hydroxylation is 2. The van der Waals surface area contributed by atoms with Gasteiger partial charge in [0.05, 0.1) is 6.61 Å². The van der Waals surface area contributed by atoms with Gasteiger partial charge in [-0.1, -0.05) is 17.7 Å². The number of rotatable bonds is 3. The molecule has 18 heavy (non-hydrogen) atoms. The Morgan fingerprint density at radius 2 is 1.89 bits per heavy atom. The van der Waals surface area contributed by atoms with Crippen molar-refractivity contribution in [3.8, 4) is 0 Å². The number of aliphatic hydroxyl groups is 1. The molecule has 0 fully saturated rings. The molecule has 0 radical (unpaired) electrons. The molecule has 0 aliphatic rings. The second-order valence-electron chi connectivity index (χ2n) is 3.91. The number of aliphatic hydroxyl groups excluding tert-OH is 1. The van der Waals surface area contributed by atoms with E-state index in [0.29, 0.717) is 15.7 Å². The second-order valence-corrected chi connectivity index (χ2v) is 5.33. The Hall–Kier alpha value is -1.10. The first kappa shape index (κ1) is 13.3. The van der Waals surface area contributed by atoms with Gasteiger partial charge in [-0.3, -0.25) is 0 Å². The lowest BCUT2D eigenvalue weighted by molar-refractivity contribution is 0.279. The van der Waals surface area contributed by atoms with Crippen molar-refractivity contribution in [1.29, 1.82) is 0 Å². The van der Waals surface area contributed by atoms with Crippen LogP contribution in [0.4, 0.5) is 0 Å². The van der Waals surface area contributed by atoms with Crippen LogP contribution < -0.4 is 0 Å². The number of nitrogens with zero attached hydrogens (tertiary/aromatic N) is 2. The van der Waals surface area contributed by atoms with Gasteiger partial charge >= 0.3 is 0 Å². The van der Waals surface area contributed by atoms with Crippen molar-refractivity contribution in [3.05, 3.63) is 46.2 Å². The Balaban J connectivity index is 2.36. The van der Waals surface area contributed by atoms with Crippen LogP contribution in [-0.2, 0) is 6.61 Å². The minimum Gasteiger partial charge on any atom is -0.392 e. The minimum absolute atomic E-state index is 0.0905. The van der Waals surface area contributed by atoms with Gasteiger partial charge in [0.25, 0.3) is 0 Å². The number of benzene rings is 1. The van der Waals surface area contributed by atoms with Gasteiger partial charge in [-0.25, -0.2) is 9.97 Å². The molecule has 0 saturated carbocycles. The third kappa shape index (κ3) is 3.02. The normalized spacial score (nSPS) is 10.7. The number of hydrogen-bond donors (Lipinski definition) is 1. The lowest BCUT2D eigenvalue weighted by atomic mass is 10.2. The van der Waals surface area contributed by atoms with Gasteiger partial charge in [0.1, 0.15) is 0 Å². The van der Waals surface area contributed by atoms with Gasteiger partial charge < -0.3 is 5.11 Å². The van der Waals surface area contributed by atoms with Crippen LogP contribution in [0.15, 0.2) is 34.3 Å². The van der Waals surface area contributed by atoms with Crippen LogP contribution in [0, 0.1) is 13.8 Å². The maximum absolute atomic E-state index is 9.35. The fraction of sp³-hybridized carbons (Fsp3) is 0.231. The third-order valence-corrected chi connectivity index (χ3v) is 3.72. The molecule has 1 aromatic heterocycles. The summed E-state index contributed by atoms with van der Waals surface area (Å²) >= 11 is 7.46. The quantitative estimate of drug-likeness (QED) is 0.876.